The Labute approximate surface area is 95.2 Å². The van der Waals surface area contributed by atoms with Crippen molar-refractivity contribution in [1.29, 1.82) is 5.26 Å². The lowest BCUT2D eigenvalue weighted by Crippen LogP contribution is -2.43. The fourth-order valence-electron chi connectivity index (χ4n) is 1.94. The van der Waals surface area contributed by atoms with Crippen molar-refractivity contribution in [2.45, 2.75) is 13.0 Å². The van der Waals surface area contributed by atoms with Gasteiger partial charge in [0.2, 0.25) is 0 Å². The fraction of sp³-hybridized carbons (Fsp3) is 0.417. The van der Waals surface area contributed by atoms with Gasteiger partial charge in [-0.25, -0.2) is 0 Å². The van der Waals surface area contributed by atoms with Crippen LogP contribution in [0, 0.1) is 11.3 Å². The van der Waals surface area contributed by atoms with Crippen molar-refractivity contribution in [3.05, 3.63) is 23.8 Å². The molecular formula is C12H15N3O. The van der Waals surface area contributed by atoms with Crippen molar-refractivity contribution in [2.24, 2.45) is 0 Å². The largest absolute Gasteiger partial charge is 0.398 e. The van der Waals surface area contributed by atoms with E-state index in [1.165, 1.54) is 0 Å². The number of nitrogen functional groups attached to an aromatic ring is 1. The van der Waals surface area contributed by atoms with Crippen LogP contribution >= 0.6 is 0 Å². The van der Waals surface area contributed by atoms with E-state index in [9.17, 15) is 0 Å². The third kappa shape index (κ3) is 1.95. The second-order valence-corrected chi connectivity index (χ2v) is 4.00. The molecule has 1 aromatic rings. The Morgan fingerprint density at radius 1 is 1.56 bits per heavy atom. The molecule has 0 radical (unpaired) electrons. The highest BCUT2D eigenvalue weighted by Gasteiger charge is 2.19. The topological polar surface area (TPSA) is 62.3 Å². The maximum atomic E-state index is 8.81. The van der Waals surface area contributed by atoms with Crippen molar-refractivity contribution in [1.82, 2.24) is 0 Å². The number of nitriles is 1. The molecule has 1 fully saturated rings. The molecule has 4 nitrogen and oxygen atoms in total. The number of rotatable bonds is 1. The molecule has 0 aromatic heterocycles. The number of nitrogens with two attached hydrogens (primary N) is 1. The van der Waals surface area contributed by atoms with Gasteiger partial charge in [-0.2, -0.15) is 5.26 Å². The number of benzene rings is 1. The Morgan fingerprint density at radius 3 is 3.00 bits per heavy atom. The van der Waals surface area contributed by atoms with Crippen LogP contribution in [0.25, 0.3) is 0 Å². The van der Waals surface area contributed by atoms with Crippen molar-refractivity contribution < 1.29 is 4.74 Å². The van der Waals surface area contributed by atoms with Gasteiger partial charge >= 0.3 is 0 Å². The molecule has 1 aliphatic rings. The first-order valence-electron chi connectivity index (χ1n) is 5.36. The zero-order valence-electron chi connectivity index (χ0n) is 9.31. The van der Waals surface area contributed by atoms with Gasteiger partial charge in [0.1, 0.15) is 6.07 Å². The minimum absolute atomic E-state index is 0.348. The third-order valence-corrected chi connectivity index (χ3v) is 2.85. The Hall–Kier alpha value is -1.73. The van der Waals surface area contributed by atoms with Crippen LogP contribution in [0.3, 0.4) is 0 Å². The smallest absolute Gasteiger partial charge is 0.101 e. The first kappa shape index (κ1) is 10.8. The summed E-state index contributed by atoms with van der Waals surface area (Å²) >= 11 is 0. The fourth-order valence-corrected chi connectivity index (χ4v) is 1.94. The van der Waals surface area contributed by atoms with E-state index >= 15 is 0 Å². The van der Waals surface area contributed by atoms with Crippen LogP contribution in [0.15, 0.2) is 18.2 Å². The molecule has 1 atom stereocenters. The number of hydrogen-bond acceptors (Lipinski definition) is 4. The first-order chi connectivity index (χ1) is 7.72. The molecular weight excluding hydrogens is 202 g/mol. The molecule has 1 unspecified atom stereocenters. The molecule has 4 heteroatoms. The van der Waals surface area contributed by atoms with Crippen LogP contribution < -0.4 is 10.6 Å². The number of anilines is 2. The Bertz CT molecular complexity index is 425. The van der Waals surface area contributed by atoms with Crippen molar-refractivity contribution in [3.8, 4) is 6.07 Å². The normalized spacial score (nSPS) is 20.5. The van der Waals surface area contributed by atoms with E-state index in [4.69, 9.17) is 15.7 Å². The zero-order valence-corrected chi connectivity index (χ0v) is 9.31. The van der Waals surface area contributed by atoms with E-state index in [-0.39, 0.29) is 0 Å². The minimum Gasteiger partial charge on any atom is -0.398 e. The molecule has 2 rings (SSSR count). The van der Waals surface area contributed by atoms with Crippen molar-refractivity contribution in [3.63, 3.8) is 0 Å². The molecule has 0 saturated carbocycles. The SMILES string of the molecule is CC1COCCN1c1ccc(C#N)c(N)c1. The molecule has 0 bridgehead atoms. The van der Waals surface area contributed by atoms with Gasteiger partial charge in [0.25, 0.3) is 0 Å². The van der Waals surface area contributed by atoms with E-state index in [0.29, 0.717) is 17.3 Å². The number of morpholine rings is 1. The third-order valence-electron chi connectivity index (χ3n) is 2.85. The van der Waals surface area contributed by atoms with Crippen LogP contribution in [0.1, 0.15) is 12.5 Å². The summed E-state index contributed by atoms with van der Waals surface area (Å²) in [5.41, 5.74) is 7.94. The standard InChI is InChI=1S/C12H15N3O/c1-9-8-16-5-4-15(9)11-3-2-10(7-13)12(14)6-11/h2-3,6,9H,4-5,8,14H2,1H3. The van der Waals surface area contributed by atoms with Gasteiger partial charge in [0, 0.05) is 18.3 Å². The molecule has 84 valence electrons. The van der Waals surface area contributed by atoms with Crippen molar-refractivity contribution in [2.75, 3.05) is 30.4 Å². The molecule has 1 saturated heterocycles. The Balaban J connectivity index is 2.27. The molecule has 0 spiro atoms. The monoisotopic (exact) mass is 217 g/mol. The summed E-state index contributed by atoms with van der Waals surface area (Å²) in [7, 11) is 0. The quantitative estimate of drug-likeness (QED) is 0.721. The minimum atomic E-state index is 0.348. The van der Waals surface area contributed by atoms with Gasteiger partial charge in [-0.3, -0.25) is 0 Å². The van der Waals surface area contributed by atoms with Gasteiger partial charge in [0.05, 0.1) is 24.5 Å². The number of ether oxygens (including phenoxy) is 1. The van der Waals surface area contributed by atoms with Gasteiger partial charge in [-0.15, -0.1) is 0 Å². The average Bonchev–Trinajstić information content (AvgIpc) is 2.29. The average molecular weight is 217 g/mol. The summed E-state index contributed by atoms with van der Waals surface area (Å²) in [4.78, 5) is 2.25. The van der Waals surface area contributed by atoms with Gasteiger partial charge < -0.3 is 15.4 Å². The second kappa shape index (κ2) is 4.42. The molecule has 0 amide bonds. The van der Waals surface area contributed by atoms with E-state index in [1.807, 2.05) is 12.1 Å². The highest BCUT2D eigenvalue weighted by atomic mass is 16.5. The van der Waals surface area contributed by atoms with Crippen LogP contribution in [-0.2, 0) is 4.74 Å². The summed E-state index contributed by atoms with van der Waals surface area (Å²) in [6.45, 7) is 4.46. The number of nitrogens with zero attached hydrogens (tertiary/aromatic N) is 2. The van der Waals surface area contributed by atoms with E-state index in [1.54, 1.807) is 6.07 Å². The summed E-state index contributed by atoms with van der Waals surface area (Å²) in [5, 5.41) is 8.81. The molecule has 1 aliphatic heterocycles. The maximum absolute atomic E-state index is 8.81. The van der Waals surface area contributed by atoms with E-state index in [2.05, 4.69) is 17.9 Å². The van der Waals surface area contributed by atoms with E-state index < -0.39 is 0 Å². The van der Waals surface area contributed by atoms with Gasteiger partial charge in [-0.05, 0) is 25.1 Å². The Kier molecular flexibility index (Phi) is 2.97. The van der Waals surface area contributed by atoms with Crippen LogP contribution in [0.5, 0.6) is 0 Å². The number of hydrogen-bond donors (Lipinski definition) is 1. The van der Waals surface area contributed by atoms with Crippen LogP contribution in [0.4, 0.5) is 11.4 Å². The highest BCUT2D eigenvalue weighted by molar-refractivity contribution is 5.64. The molecule has 1 heterocycles. The molecule has 0 aliphatic carbocycles. The molecule has 16 heavy (non-hydrogen) atoms. The second-order valence-electron chi connectivity index (χ2n) is 4.00. The van der Waals surface area contributed by atoms with Crippen LogP contribution in [0.2, 0.25) is 0 Å². The summed E-state index contributed by atoms with van der Waals surface area (Å²) in [6, 6.07) is 7.99. The molecule has 2 N–H and O–H groups in total. The van der Waals surface area contributed by atoms with Crippen molar-refractivity contribution >= 4 is 11.4 Å². The predicted molar refractivity (Wildman–Crippen MR) is 63.2 cm³/mol. The highest BCUT2D eigenvalue weighted by Crippen LogP contribution is 2.24. The van der Waals surface area contributed by atoms with E-state index in [0.717, 1.165) is 25.4 Å². The van der Waals surface area contributed by atoms with Crippen LogP contribution in [-0.4, -0.2) is 25.8 Å². The van der Waals surface area contributed by atoms with Gasteiger partial charge in [0.15, 0.2) is 0 Å². The first-order valence-corrected chi connectivity index (χ1v) is 5.36. The lowest BCUT2D eigenvalue weighted by molar-refractivity contribution is 0.0989. The zero-order chi connectivity index (χ0) is 11.5. The maximum Gasteiger partial charge on any atom is 0.101 e. The summed E-state index contributed by atoms with van der Waals surface area (Å²) in [5.74, 6) is 0. The Morgan fingerprint density at radius 2 is 2.38 bits per heavy atom. The predicted octanol–water partition coefficient (Wildman–Crippen LogP) is 1.37. The summed E-state index contributed by atoms with van der Waals surface area (Å²) < 4.78 is 5.38. The lowest BCUT2D eigenvalue weighted by atomic mass is 10.1. The summed E-state index contributed by atoms with van der Waals surface area (Å²) in [6.07, 6.45) is 0. The lowest BCUT2D eigenvalue weighted by Gasteiger charge is -2.35. The molecule has 1 aromatic carbocycles. The van der Waals surface area contributed by atoms with Gasteiger partial charge in [-0.1, -0.05) is 0 Å².